The van der Waals surface area contributed by atoms with Gasteiger partial charge in [0, 0.05) is 0 Å². The Bertz CT molecular complexity index is 462. The first-order valence-electron chi connectivity index (χ1n) is 5.21. The highest BCUT2D eigenvalue weighted by atomic mass is 35.5. The fourth-order valence-corrected chi connectivity index (χ4v) is 1.45. The van der Waals surface area contributed by atoms with Gasteiger partial charge in [0.25, 0.3) is 11.6 Å². The Morgan fingerprint density at radius 2 is 2.39 bits per heavy atom. The van der Waals surface area contributed by atoms with Crippen molar-refractivity contribution in [1.82, 2.24) is 10.3 Å². The lowest BCUT2D eigenvalue weighted by Crippen LogP contribution is -2.37. The summed E-state index contributed by atoms with van der Waals surface area (Å²) in [6, 6.07) is 0.670. The maximum atomic E-state index is 11.8. The van der Waals surface area contributed by atoms with E-state index >= 15 is 0 Å². The van der Waals surface area contributed by atoms with Crippen molar-refractivity contribution in [1.29, 1.82) is 0 Å². The van der Waals surface area contributed by atoms with E-state index in [1.807, 2.05) is 0 Å². The summed E-state index contributed by atoms with van der Waals surface area (Å²) in [5, 5.41) is 22.2. The molecule has 18 heavy (non-hydrogen) atoms. The lowest BCUT2D eigenvalue weighted by Gasteiger charge is -2.13. The molecule has 0 saturated carbocycles. The van der Waals surface area contributed by atoms with Crippen LogP contribution in [0.1, 0.15) is 23.7 Å². The van der Waals surface area contributed by atoms with Crippen molar-refractivity contribution >= 4 is 23.2 Å². The van der Waals surface area contributed by atoms with Crippen molar-refractivity contribution in [3.8, 4) is 0 Å². The van der Waals surface area contributed by atoms with Gasteiger partial charge < -0.3 is 10.4 Å². The molecule has 2 N–H and O–H groups in total. The minimum atomic E-state index is -0.710. The van der Waals surface area contributed by atoms with Gasteiger partial charge in [0.05, 0.1) is 17.6 Å². The lowest BCUT2D eigenvalue weighted by molar-refractivity contribution is -0.385. The number of nitrogens with one attached hydrogen (secondary N) is 1. The fourth-order valence-electron chi connectivity index (χ4n) is 1.29. The SMILES string of the molecule is CC[C@@H](CO)NC(=O)c1cc(Cl)ncc1[N+](=O)[O-]. The maximum Gasteiger partial charge on any atom is 0.300 e. The van der Waals surface area contributed by atoms with Crippen molar-refractivity contribution in [2.75, 3.05) is 6.61 Å². The summed E-state index contributed by atoms with van der Waals surface area (Å²) in [6.45, 7) is 1.53. The quantitative estimate of drug-likeness (QED) is 0.475. The minimum Gasteiger partial charge on any atom is -0.394 e. The molecule has 1 heterocycles. The molecule has 98 valence electrons. The second-order valence-electron chi connectivity index (χ2n) is 3.54. The van der Waals surface area contributed by atoms with E-state index in [-0.39, 0.29) is 17.3 Å². The summed E-state index contributed by atoms with van der Waals surface area (Å²) in [5.74, 6) is -0.660. The van der Waals surface area contributed by atoms with E-state index in [9.17, 15) is 14.9 Å². The number of aliphatic hydroxyl groups excluding tert-OH is 1. The van der Waals surface area contributed by atoms with Crippen molar-refractivity contribution in [3.05, 3.63) is 33.1 Å². The van der Waals surface area contributed by atoms with Gasteiger partial charge in [-0.3, -0.25) is 14.9 Å². The van der Waals surface area contributed by atoms with Gasteiger partial charge in [-0.1, -0.05) is 18.5 Å². The number of rotatable bonds is 5. The molecule has 1 atom stereocenters. The van der Waals surface area contributed by atoms with E-state index in [1.54, 1.807) is 6.92 Å². The van der Waals surface area contributed by atoms with Crippen LogP contribution in [0.4, 0.5) is 5.69 Å². The molecule has 1 aromatic rings. The van der Waals surface area contributed by atoms with Crippen LogP contribution in [0.25, 0.3) is 0 Å². The van der Waals surface area contributed by atoms with Crippen molar-refractivity contribution in [2.24, 2.45) is 0 Å². The first-order chi connectivity index (χ1) is 8.49. The fraction of sp³-hybridized carbons (Fsp3) is 0.400. The van der Waals surface area contributed by atoms with Gasteiger partial charge in [0.2, 0.25) is 0 Å². The largest absolute Gasteiger partial charge is 0.394 e. The van der Waals surface area contributed by atoms with E-state index in [2.05, 4.69) is 10.3 Å². The molecular formula is C10H12ClN3O4. The van der Waals surface area contributed by atoms with Crippen molar-refractivity contribution in [2.45, 2.75) is 19.4 Å². The minimum absolute atomic E-state index is 0.0113. The molecule has 0 fully saturated rings. The van der Waals surface area contributed by atoms with Gasteiger partial charge in [-0.25, -0.2) is 4.98 Å². The Labute approximate surface area is 108 Å². The van der Waals surface area contributed by atoms with Crippen LogP contribution in [0.15, 0.2) is 12.3 Å². The number of hydrogen-bond donors (Lipinski definition) is 2. The third kappa shape index (κ3) is 3.38. The molecule has 0 aliphatic carbocycles. The number of nitro groups is 1. The third-order valence-corrected chi connectivity index (χ3v) is 2.55. The molecule has 1 aromatic heterocycles. The molecule has 1 rings (SSSR count). The lowest BCUT2D eigenvalue weighted by atomic mass is 10.2. The van der Waals surface area contributed by atoms with E-state index < -0.39 is 22.6 Å². The third-order valence-electron chi connectivity index (χ3n) is 2.34. The zero-order valence-corrected chi connectivity index (χ0v) is 10.3. The highest BCUT2D eigenvalue weighted by molar-refractivity contribution is 6.29. The van der Waals surface area contributed by atoms with Crippen LogP contribution in [0.3, 0.4) is 0 Å². The maximum absolute atomic E-state index is 11.8. The van der Waals surface area contributed by atoms with Gasteiger partial charge in [0.1, 0.15) is 16.9 Å². The normalized spacial score (nSPS) is 11.9. The van der Waals surface area contributed by atoms with Crippen molar-refractivity contribution < 1.29 is 14.8 Å². The van der Waals surface area contributed by atoms with Crippen LogP contribution in [0.5, 0.6) is 0 Å². The molecule has 0 unspecified atom stereocenters. The number of carbonyl (C=O) groups excluding carboxylic acids is 1. The average molecular weight is 274 g/mol. The Morgan fingerprint density at radius 1 is 1.72 bits per heavy atom. The summed E-state index contributed by atoms with van der Waals surface area (Å²) in [7, 11) is 0. The molecule has 0 aromatic carbocycles. The van der Waals surface area contributed by atoms with E-state index in [1.165, 1.54) is 0 Å². The van der Waals surface area contributed by atoms with E-state index in [0.29, 0.717) is 6.42 Å². The monoisotopic (exact) mass is 273 g/mol. The second kappa shape index (κ2) is 6.27. The molecule has 0 aliphatic heterocycles. The Morgan fingerprint density at radius 3 is 2.89 bits per heavy atom. The number of carbonyl (C=O) groups is 1. The molecule has 0 spiro atoms. The molecule has 1 amide bonds. The molecule has 0 bridgehead atoms. The first-order valence-corrected chi connectivity index (χ1v) is 5.59. The van der Waals surface area contributed by atoms with Crippen LogP contribution < -0.4 is 5.32 Å². The summed E-state index contributed by atoms with van der Waals surface area (Å²) in [4.78, 5) is 25.4. The average Bonchev–Trinajstić information content (AvgIpc) is 2.35. The predicted octanol–water partition coefficient (Wildman–Crippen LogP) is 1.14. The zero-order chi connectivity index (χ0) is 13.7. The standard InChI is InChI=1S/C10H12ClN3O4/c1-2-6(5-15)13-10(16)7-3-9(11)12-4-8(7)14(17)18/h3-4,6,15H,2,5H2,1H3,(H,13,16)/t6-/m0/s1. The molecule has 8 heteroatoms. The second-order valence-corrected chi connectivity index (χ2v) is 3.93. The Hall–Kier alpha value is -1.73. The summed E-state index contributed by atoms with van der Waals surface area (Å²) in [6.07, 6.45) is 1.44. The smallest absolute Gasteiger partial charge is 0.300 e. The molecule has 0 radical (unpaired) electrons. The summed E-state index contributed by atoms with van der Waals surface area (Å²) in [5.41, 5.74) is -0.600. The van der Waals surface area contributed by atoms with Gasteiger partial charge >= 0.3 is 0 Å². The predicted molar refractivity (Wildman–Crippen MR) is 64.5 cm³/mol. The van der Waals surface area contributed by atoms with Gasteiger partial charge in [0.15, 0.2) is 0 Å². The van der Waals surface area contributed by atoms with Crippen molar-refractivity contribution in [3.63, 3.8) is 0 Å². The molecule has 0 aliphatic rings. The highest BCUT2D eigenvalue weighted by Crippen LogP contribution is 2.20. The summed E-state index contributed by atoms with van der Waals surface area (Å²) < 4.78 is 0. The highest BCUT2D eigenvalue weighted by Gasteiger charge is 2.22. The van der Waals surface area contributed by atoms with E-state index in [0.717, 1.165) is 12.3 Å². The number of aromatic nitrogens is 1. The van der Waals surface area contributed by atoms with Crippen LogP contribution in [-0.2, 0) is 0 Å². The number of pyridine rings is 1. The van der Waals surface area contributed by atoms with Gasteiger partial charge in [-0.15, -0.1) is 0 Å². The van der Waals surface area contributed by atoms with Crippen LogP contribution >= 0.6 is 11.6 Å². The number of amides is 1. The Balaban J connectivity index is 3.03. The number of halogens is 1. The molecular weight excluding hydrogens is 262 g/mol. The molecule has 7 nitrogen and oxygen atoms in total. The van der Waals surface area contributed by atoms with Gasteiger partial charge in [-0.05, 0) is 12.5 Å². The summed E-state index contributed by atoms with van der Waals surface area (Å²) >= 11 is 5.61. The van der Waals surface area contributed by atoms with Crippen LogP contribution in [-0.4, -0.2) is 33.6 Å². The zero-order valence-electron chi connectivity index (χ0n) is 9.59. The van der Waals surface area contributed by atoms with E-state index in [4.69, 9.17) is 16.7 Å². The topological polar surface area (TPSA) is 105 Å². The Kier molecular flexibility index (Phi) is 4.99. The number of aliphatic hydroxyl groups is 1. The van der Waals surface area contributed by atoms with Gasteiger partial charge in [-0.2, -0.15) is 0 Å². The van der Waals surface area contributed by atoms with Crippen LogP contribution in [0, 0.1) is 10.1 Å². The first kappa shape index (κ1) is 14.3. The number of hydrogen-bond acceptors (Lipinski definition) is 5. The molecule has 0 saturated heterocycles. The number of nitrogens with zero attached hydrogens (tertiary/aromatic N) is 2. The van der Waals surface area contributed by atoms with Crippen LogP contribution in [0.2, 0.25) is 5.15 Å².